The van der Waals surface area contributed by atoms with Crippen LogP contribution in [0, 0.1) is 5.41 Å². The number of hydrogen-bond acceptors (Lipinski definition) is 1. The van der Waals surface area contributed by atoms with Crippen LogP contribution in [0.2, 0.25) is 0 Å². The van der Waals surface area contributed by atoms with Crippen molar-refractivity contribution >= 4 is 21.8 Å². The summed E-state index contributed by atoms with van der Waals surface area (Å²) < 4.78 is 1.05. The van der Waals surface area contributed by atoms with Gasteiger partial charge >= 0.3 is 0 Å². The second kappa shape index (κ2) is 5.87. The number of carbonyl (C=O) groups excluding carboxylic acids is 1. The van der Waals surface area contributed by atoms with Gasteiger partial charge in [-0.2, -0.15) is 0 Å². The highest BCUT2D eigenvalue weighted by Gasteiger charge is 2.34. The van der Waals surface area contributed by atoms with E-state index in [0.29, 0.717) is 6.54 Å². The summed E-state index contributed by atoms with van der Waals surface area (Å²) in [7, 11) is 0. The van der Waals surface area contributed by atoms with Crippen LogP contribution >= 0.6 is 15.9 Å². The first-order chi connectivity index (χ1) is 8.62. The quantitative estimate of drug-likeness (QED) is 0.897. The Balaban J connectivity index is 1.94. The van der Waals surface area contributed by atoms with Crippen LogP contribution < -0.4 is 5.32 Å². The summed E-state index contributed by atoms with van der Waals surface area (Å²) in [6.07, 6.45) is 5.68. The summed E-state index contributed by atoms with van der Waals surface area (Å²) in [6, 6.07) is 8.02. The minimum Gasteiger partial charge on any atom is -0.352 e. The van der Waals surface area contributed by atoms with Crippen molar-refractivity contribution in [3.8, 4) is 0 Å². The lowest BCUT2D eigenvalue weighted by Crippen LogP contribution is -2.39. The molecular weight excluding hydrogens is 290 g/mol. The Bertz CT molecular complexity index is 424. The van der Waals surface area contributed by atoms with Gasteiger partial charge in [0, 0.05) is 16.4 Å². The van der Waals surface area contributed by atoms with Crippen LogP contribution in [0.1, 0.15) is 44.6 Å². The van der Waals surface area contributed by atoms with Crippen molar-refractivity contribution in [1.29, 1.82) is 0 Å². The molecule has 0 bridgehead atoms. The van der Waals surface area contributed by atoms with E-state index in [0.717, 1.165) is 22.9 Å². The normalized spacial score (nSPS) is 18.3. The fourth-order valence-corrected chi connectivity index (χ4v) is 3.01. The largest absolute Gasteiger partial charge is 0.352 e. The van der Waals surface area contributed by atoms with Crippen LogP contribution in [0.25, 0.3) is 0 Å². The summed E-state index contributed by atoms with van der Waals surface area (Å²) in [5.74, 6) is 0.206. The Morgan fingerprint density at radius 3 is 2.61 bits per heavy atom. The van der Waals surface area contributed by atoms with Gasteiger partial charge in [0.05, 0.1) is 0 Å². The molecule has 1 aliphatic carbocycles. The van der Waals surface area contributed by atoms with E-state index in [2.05, 4.69) is 28.2 Å². The number of benzene rings is 1. The molecular formula is C15H20BrNO. The predicted octanol–water partition coefficient (Wildman–Crippen LogP) is 4.04. The van der Waals surface area contributed by atoms with E-state index >= 15 is 0 Å². The molecule has 0 unspecified atom stereocenters. The summed E-state index contributed by atoms with van der Waals surface area (Å²) in [5, 5.41) is 3.08. The van der Waals surface area contributed by atoms with Crippen molar-refractivity contribution < 1.29 is 4.79 Å². The van der Waals surface area contributed by atoms with E-state index in [9.17, 15) is 4.79 Å². The Morgan fingerprint density at radius 2 is 1.94 bits per heavy atom. The van der Waals surface area contributed by atoms with E-state index in [1.54, 1.807) is 0 Å². The predicted molar refractivity (Wildman–Crippen MR) is 77.2 cm³/mol. The van der Waals surface area contributed by atoms with Gasteiger partial charge in [0.25, 0.3) is 0 Å². The fourth-order valence-electron chi connectivity index (χ4n) is 2.59. The van der Waals surface area contributed by atoms with Crippen molar-refractivity contribution in [3.05, 3.63) is 34.3 Å². The number of carbonyl (C=O) groups is 1. The lowest BCUT2D eigenvalue weighted by molar-refractivity contribution is -0.132. The average molecular weight is 310 g/mol. The maximum Gasteiger partial charge on any atom is 0.226 e. The molecule has 98 valence electrons. The summed E-state index contributed by atoms with van der Waals surface area (Å²) in [6.45, 7) is 2.71. The van der Waals surface area contributed by atoms with E-state index in [1.165, 1.54) is 19.3 Å². The molecule has 0 aromatic heterocycles. The van der Waals surface area contributed by atoms with Gasteiger partial charge in [-0.15, -0.1) is 0 Å². The summed E-state index contributed by atoms with van der Waals surface area (Å²) in [4.78, 5) is 12.3. The molecule has 18 heavy (non-hydrogen) atoms. The first-order valence-corrected chi connectivity index (χ1v) is 7.43. The number of hydrogen-bond donors (Lipinski definition) is 1. The Hall–Kier alpha value is -0.830. The lowest BCUT2D eigenvalue weighted by Gasteiger charge is -2.32. The van der Waals surface area contributed by atoms with Crippen molar-refractivity contribution in [2.24, 2.45) is 5.41 Å². The summed E-state index contributed by atoms with van der Waals surface area (Å²) >= 11 is 3.50. The van der Waals surface area contributed by atoms with Gasteiger partial charge in [0.2, 0.25) is 5.91 Å². The van der Waals surface area contributed by atoms with E-state index in [-0.39, 0.29) is 11.3 Å². The van der Waals surface area contributed by atoms with Gasteiger partial charge in [-0.05, 0) is 24.5 Å². The van der Waals surface area contributed by atoms with Crippen LogP contribution in [0.3, 0.4) is 0 Å². The van der Waals surface area contributed by atoms with Gasteiger partial charge in [-0.1, -0.05) is 60.3 Å². The molecule has 3 heteroatoms. The zero-order chi connectivity index (χ0) is 13.0. The van der Waals surface area contributed by atoms with Crippen LogP contribution in [-0.2, 0) is 11.3 Å². The molecule has 1 N–H and O–H groups in total. The third kappa shape index (κ3) is 3.14. The third-order valence-corrected chi connectivity index (χ3v) is 4.68. The minimum absolute atomic E-state index is 0.153. The Morgan fingerprint density at radius 1 is 1.28 bits per heavy atom. The zero-order valence-electron chi connectivity index (χ0n) is 10.8. The molecule has 0 spiro atoms. The number of amides is 1. The van der Waals surface area contributed by atoms with Gasteiger partial charge in [-0.3, -0.25) is 4.79 Å². The molecule has 0 aliphatic heterocycles. The van der Waals surface area contributed by atoms with Gasteiger partial charge < -0.3 is 5.32 Å². The van der Waals surface area contributed by atoms with Crippen LogP contribution in [0.4, 0.5) is 0 Å². The number of halogens is 1. The molecule has 1 aliphatic rings. The van der Waals surface area contributed by atoms with Crippen molar-refractivity contribution in [3.63, 3.8) is 0 Å². The zero-order valence-corrected chi connectivity index (χ0v) is 12.4. The molecule has 0 heterocycles. The first kappa shape index (κ1) is 13.6. The molecule has 1 fully saturated rings. The maximum atomic E-state index is 12.3. The Labute approximate surface area is 117 Å². The highest BCUT2D eigenvalue weighted by molar-refractivity contribution is 9.10. The molecule has 1 aromatic rings. The van der Waals surface area contributed by atoms with Gasteiger partial charge in [0.1, 0.15) is 0 Å². The molecule has 2 nitrogen and oxygen atoms in total. The van der Waals surface area contributed by atoms with Crippen LogP contribution in [0.5, 0.6) is 0 Å². The first-order valence-electron chi connectivity index (χ1n) is 6.63. The number of rotatable bonds is 3. The molecule has 1 saturated carbocycles. The molecule has 1 aromatic carbocycles. The Kier molecular flexibility index (Phi) is 4.44. The smallest absolute Gasteiger partial charge is 0.226 e. The van der Waals surface area contributed by atoms with Gasteiger partial charge in [-0.25, -0.2) is 0 Å². The molecule has 1 amide bonds. The molecule has 0 atom stereocenters. The number of nitrogens with one attached hydrogen (secondary N) is 1. The average Bonchev–Trinajstić information content (AvgIpc) is 2.38. The highest BCUT2D eigenvalue weighted by atomic mass is 79.9. The van der Waals surface area contributed by atoms with Gasteiger partial charge in [0.15, 0.2) is 0 Å². The van der Waals surface area contributed by atoms with E-state index in [1.807, 2.05) is 24.3 Å². The minimum atomic E-state index is -0.153. The second-order valence-corrected chi connectivity index (χ2v) is 6.25. The standard InChI is InChI=1S/C15H20BrNO/c1-15(9-5-2-6-10-15)14(18)17-11-12-7-3-4-8-13(12)16/h3-4,7-8H,2,5-6,9-11H2,1H3,(H,17,18). The fraction of sp³-hybridized carbons (Fsp3) is 0.533. The third-order valence-electron chi connectivity index (χ3n) is 3.90. The van der Waals surface area contributed by atoms with Crippen molar-refractivity contribution in [1.82, 2.24) is 5.32 Å². The van der Waals surface area contributed by atoms with E-state index in [4.69, 9.17) is 0 Å². The molecule has 0 radical (unpaired) electrons. The second-order valence-electron chi connectivity index (χ2n) is 5.40. The maximum absolute atomic E-state index is 12.3. The van der Waals surface area contributed by atoms with Crippen LogP contribution in [0.15, 0.2) is 28.7 Å². The topological polar surface area (TPSA) is 29.1 Å². The monoisotopic (exact) mass is 309 g/mol. The highest BCUT2D eigenvalue weighted by Crippen LogP contribution is 2.35. The van der Waals surface area contributed by atoms with E-state index < -0.39 is 0 Å². The SMILES string of the molecule is CC1(C(=O)NCc2ccccc2Br)CCCCC1. The van der Waals surface area contributed by atoms with Crippen molar-refractivity contribution in [2.45, 2.75) is 45.6 Å². The molecule has 0 saturated heterocycles. The summed E-state index contributed by atoms with van der Waals surface area (Å²) in [5.41, 5.74) is 0.977. The lowest BCUT2D eigenvalue weighted by atomic mass is 9.75. The molecule has 2 rings (SSSR count). The van der Waals surface area contributed by atoms with Crippen LogP contribution in [-0.4, -0.2) is 5.91 Å². The van der Waals surface area contributed by atoms with Crippen molar-refractivity contribution in [2.75, 3.05) is 0 Å².